The Morgan fingerprint density at radius 2 is 2.00 bits per heavy atom. The molecule has 0 aliphatic rings. The minimum Gasteiger partial charge on any atom is -0.494 e. The molecular weight excluding hydrogens is 346 g/mol. The zero-order chi connectivity index (χ0) is 13.0. The Morgan fingerprint density at radius 1 is 1.17 bits per heavy atom. The van der Waals surface area contributed by atoms with Crippen molar-refractivity contribution in [2.24, 2.45) is 0 Å². The van der Waals surface area contributed by atoms with Gasteiger partial charge in [0.05, 0.1) is 7.11 Å². The molecule has 4 heteroatoms. The summed E-state index contributed by atoms with van der Waals surface area (Å²) >= 11 is 2.22. The Bertz CT molecular complexity index is 543. The molecule has 0 saturated carbocycles. The number of methoxy groups -OCH3 is 1. The summed E-state index contributed by atoms with van der Waals surface area (Å²) in [6.45, 7) is 0.334. The molecule has 0 radical (unpaired) electrons. The predicted molar refractivity (Wildman–Crippen MR) is 76.4 cm³/mol. The summed E-state index contributed by atoms with van der Waals surface area (Å²) in [4.78, 5) is 0. The molecule has 0 heterocycles. The molecule has 94 valence electrons. The molecule has 0 saturated heterocycles. The number of ether oxygens (including phenoxy) is 2. The van der Waals surface area contributed by atoms with Crippen molar-refractivity contribution in [1.82, 2.24) is 0 Å². The highest BCUT2D eigenvalue weighted by Crippen LogP contribution is 2.20. The van der Waals surface area contributed by atoms with Gasteiger partial charge in [-0.05, 0) is 58.5 Å². The van der Waals surface area contributed by atoms with Crippen LogP contribution < -0.4 is 9.47 Å². The smallest absolute Gasteiger partial charge is 0.165 e. The molecule has 2 nitrogen and oxygen atoms in total. The van der Waals surface area contributed by atoms with Gasteiger partial charge in [0.15, 0.2) is 11.6 Å². The minimum atomic E-state index is -0.374. The quantitative estimate of drug-likeness (QED) is 0.769. The lowest BCUT2D eigenvalue weighted by atomic mass is 10.2. The second-order valence-electron chi connectivity index (χ2n) is 3.71. The SMILES string of the molecule is COc1ccc(COc2cccc(I)c2)cc1F. The van der Waals surface area contributed by atoms with E-state index in [0.29, 0.717) is 6.61 Å². The first-order chi connectivity index (χ1) is 8.69. The fourth-order valence-corrected chi connectivity index (χ4v) is 2.04. The molecule has 0 fully saturated rings. The maximum Gasteiger partial charge on any atom is 0.165 e. The summed E-state index contributed by atoms with van der Waals surface area (Å²) in [6.07, 6.45) is 0. The van der Waals surface area contributed by atoms with Gasteiger partial charge >= 0.3 is 0 Å². The van der Waals surface area contributed by atoms with Crippen molar-refractivity contribution in [3.63, 3.8) is 0 Å². The zero-order valence-electron chi connectivity index (χ0n) is 9.82. The van der Waals surface area contributed by atoms with E-state index < -0.39 is 0 Å². The van der Waals surface area contributed by atoms with Gasteiger partial charge in [0.1, 0.15) is 12.4 Å². The van der Waals surface area contributed by atoms with Crippen molar-refractivity contribution >= 4 is 22.6 Å². The number of hydrogen-bond donors (Lipinski definition) is 0. The molecule has 2 aromatic rings. The fourth-order valence-electron chi connectivity index (χ4n) is 1.52. The minimum absolute atomic E-state index is 0.244. The van der Waals surface area contributed by atoms with Crippen LogP contribution in [-0.4, -0.2) is 7.11 Å². The molecule has 0 aliphatic carbocycles. The predicted octanol–water partition coefficient (Wildman–Crippen LogP) is 4.02. The first kappa shape index (κ1) is 13.1. The van der Waals surface area contributed by atoms with Crippen molar-refractivity contribution in [2.75, 3.05) is 7.11 Å². The normalized spacial score (nSPS) is 10.2. The van der Waals surface area contributed by atoms with E-state index in [9.17, 15) is 4.39 Å². The van der Waals surface area contributed by atoms with Crippen LogP contribution in [-0.2, 0) is 6.61 Å². The summed E-state index contributed by atoms with van der Waals surface area (Å²) in [6, 6.07) is 12.5. The monoisotopic (exact) mass is 358 g/mol. The van der Waals surface area contributed by atoms with Crippen LogP contribution in [0, 0.1) is 9.39 Å². The van der Waals surface area contributed by atoms with Crippen LogP contribution in [0.2, 0.25) is 0 Å². The lowest BCUT2D eigenvalue weighted by Gasteiger charge is -2.08. The summed E-state index contributed by atoms with van der Waals surface area (Å²) in [7, 11) is 1.44. The van der Waals surface area contributed by atoms with E-state index in [1.165, 1.54) is 13.2 Å². The van der Waals surface area contributed by atoms with Gasteiger partial charge in [-0.25, -0.2) is 4.39 Å². The Labute approximate surface area is 119 Å². The van der Waals surface area contributed by atoms with Gasteiger partial charge in [-0.3, -0.25) is 0 Å². The molecule has 0 aromatic heterocycles. The fraction of sp³-hybridized carbons (Fsp3) is 0.143. The van der Waals surface area contributed by atoms with Crippen molar-refractivity contribution < 1.29 is 13.9 Å². The maximum atomic E-state index is 13.5. The van der Waals surface area contributed by atoms with Gasteiger partial charge < -0.3 is 9.47 Å². The van der Waals surface area contributed by atoms with Gasteiger partial charge in [-0.2, -0.15) is 0 Å². The Balaban J connectivity index is 2.04. The Morgan fingerprint density at radius 3 is 2.67 bits per heavy atom. The highest BCUT2D eigenvalue weighted by Gasteiger charge is 2.04. The van der Waals surface area contributed by atoms with Crippen LogP contribution in [0.5, 0.6) is 11.5 Å². The summed E-state index contributed by atoms with van der Waals surface area (Å²) in [5, 5.41) is 0. The third kappa shape index (κ3) is 3.35. The van der Waals surface area contributed by atoms with E-state index in [1.54, 1.807) is 12.1 Å². The third-order valence-electron chi connectivity index (χ3n) is 2.42. The molecule has 18 heavy (non-hydrogen) atoms. The van der Waals surface area contributed by atoms with Crippen molar-refractivity contribution in [2.45, 2.75) is 6.61 Å². The van der Waals surface area contributed by atoms with E-state index in [1.807, 2.05) is 24.3 Å². The van der Waals surface area contributed by atoms with Crippen molar-refractivity contribution in [3.8, 4) is 11.5 Å². The molecule has 0 unspecified atom stereocenters. The lowest BCUT2D eigenvalue weighted by molar-refractivity contribution is 0.304. The van der Waals surface area contributed by atoms with E-state index in [4.69, 9.17) is 9.47 Å². The van der Waals surface area contributed by atoms with Crippen LogP contribution >= 0.6 is 22.6 Å². The third-order valence-corrected chi connectivity index (χ3v) is 3.09. The molecule has 0 amide bonds. The van der Waals surface area contributed by atoms with E-state index >= 15 is 0 Å². The van der Waals surface area contributed by atoms with Gasteiger partial charge in [0.25, 0.3) is 0 Å². The molecule has 0 atom stereocenters. The number of rotatable bonds is 4. The maximum absolute atomic E-state index is 13.5. The topological polar surface area (TPSA) is 18.5 Å². The lowest BCUT2D eigenvalue weighted by Crippen LogP contribution is -1.97. The molecule has 2 rings (SSSR count). The number of hydrogen-bond acceptors (Lipinski definition) is 2. The van der Waals surface area contributed by atoms with Crippen molar-refractivity contribution in [1.29, 1.82) is 0 Å². The zero-order valence-corrected chi connectivity index (χ0v) is 12.0. The highest BCUT2D eigenvalue weighted by atomic mass is 127. The first-order valence-electron chi connectivity index (χ1n) is 5.40. The molecule has 0 N–H and O–H groups in total. The van der Waals surface area contributed by atoms with E-state index in [2.05, 4.69) is 22.6 Å². The van der Waals surface area contributed by atoms with E-state index in [-0.39, 0.29) is 11.6 Å². The van der Waals surface area contributed by atoms with E-state index in [0.717, 1.165) is 14.9 Å². The van der Waals surface area contributed by atoms with Gasteiger partial charge in [-0.1, -0.05) is 12.1 Å². The molecule has 0 bridgehead atoms. The van der Waals surface area contributed by atoms with Gasteiger partial charge in [0.2, 0.25) is 0 Å². The standard InChI is InChI=1S/C14H12FIO2/c1-17-14-6-5-10(7-13(14)15)9-18-12-4-2-3-11(16)8-12/h2-8H,9H2,1H3. The van der Waals surface area contributed by atoms with Gasteiger partial charge in [-0.15, -0.1) is 0 Å². The molecule has 2 aromatic carbocycles. The number of halogens is 2. The highest BCUT2D eigenvalue weighted by molar-refractivity contribution is 14.1. The molecular formula is C14H12FIO2. The van der Waals surface area contributed by atoms with Crippen LogP contribution in [0.4, 0.5) is 4.39 Å². The second kappa shape index (κ2) is 6.04. The number of benzene rings is 2. The van der Waals surface area contributed by atoms with Crippen LogP contribution in [0.25, 0.3) is 0 Å². The first-order valence-corrected chi connectivity index (χ1v) is 6.47. The summed E-state index contributed by atoms with van der Waals surface area (Å²) < 4.78 is 25.0. The van der Waals surface area contributed by atoms with Gasteiger partial charge in [0, 0.05) is 3.57 Å². The van der Waals surface area contributed by atoms with Crippen LogP contribution in [0.1, 0.15) is 5.56 Å². The van der Waals surface area contributed by atoms with Crippen LogP contribution in [0.15, 0.2) is 42.5 Å². The second-order valence-corrected chi connectivity index (χ2v) is 4.96. The molecule has 0 aliphatic heterocycles. The Kier molecular flexibility index (Phi) is 4.41. The summed E-state index contributed by atoms with van der Waals surface area (Å²) in [5.41, 5.74) is 0.771. The Hall–Kier alpha value is -1.30. The molecule has 0 spiro atoms. The summed E-state index contributed by atoms with van der Waals surface area (Å²) in [5.74, 6) is 0.646. The van der Waals surface area contributed by atoms with Crippen molar-refractivity contribution in [3.05, 3.63) is 57.4 Å². The largest absolute Gasteiger partial charge is 0.494 e. The average Bonchev–Trinajstić information content (AvgIpc) is 2.37. The average molecular weight is 358 g/mol. The van der Waals surface area contributed by atoms with Crippen LogP contribution in [0.3, 0.4) is 0 Å².